The summed E-state index contributed by atoms with van der Waals surface area (Å²) in [6, 6.07) is 7.99. The van der Waals surface area contributed by atoms with Gasteiger partial charge in [0.1, 0.15) is 5.65 Å². The number of methoxy groups -OCH3 is 2. The molecule has 0 aliphatic rings. The molecule has 0 atom stereocenters. The lowest BCUT2D eigenvalue weighted by molar-refractivity contribution is 0.356. The molecule has 102 valence electrons. The van der Waals surface area contributed by atoms with Crippen LogP contribution < -0.4 is 9.47 Å². The first-order chi connectivity index (χ1) is 9.74. The molecule has 0 radical (unpaired) electrons. The average molecular weight is 268 g/mol. The summed E-state index contributed by atoms with van der Waals surface area (Å²) in [6.45, 7) is 2.05. The molecule has 0 amide bonds. The van der Waals surface area contributed by atoms with Crippen molar-refractivity contribution in [1.82, 2.24) is 9.38 Å². The van der Waals surface area contributed by atoms with Gasteiger partial charge in [-0.3, -0.25) is 0 Å². The van der Waals surface area contributed by atoms with Gasteiger partial charge in [0.25, 0.3) is 0 Å². The molecule has 2 heterocycles. The van der Waals surface area contributed by atoms with Crippen molar-refractivity contribution in [2.75, 3.05) is 14.2 Å². The third kappa shape index (κ3) is 1.90. The third-order valence-corrected chi connectivity index (χ3v) is 3.39. The van der Waals surface area contributed by atoms with Crippen LogP contribution in [0.1, 0.15) is 5.56 Å². The van der Waals surface area contributed by atoms with Crippen LogP contribution >= 0.6 is 0 Å². The fourth-order valence-corrected chi connectivity index (χ4v) is 2.47. The van der Waals surface area contributed by atoms with Gasteiger partial charge < -0.3 is 13.9 Å². The maximum Gasteiger partial charge on any atom is 0.168 e. The second-order valence-corrected chi connectivity index (χ2v) is 4.61. The van der Waals surface area contributed by atoms with E-state index in [9.17, 15) is 0 Å². The van der Waals surface area contributed by atoms with E-state index in [0.29, 0.717) is 0 Å². The van der Waals surface area contributed by atoms with E-state index in [1.165, 1.54) is 0 Å². The number of imidazole rings is 1. The van der Waals surface area contributed by atoms with Crippen molar-refractivity contribution in [1.29, 1.82) is 0 Å². The Morgan fingerprint density at radius 2 is 2.00 bits per heavy atom. The normalized spacial score (nSPS) is 10.8. The standard InChI is InChI=1S/C16H16N2O2/c1-11-9-12(10-18-8-7-17-16(11)18)13-5-4-6-14(19-2)15(13)20-3/h4-10H,1-3H3. The van der Waals surface area contributed by atoms with Crippen LogP contribution in [0, 0.1) is 6.92 Å². The molecule has 0 aliphatic carbocycles. The predicted octanol–water partition coefficient (Wildman–Crippen LogP) is 3.33. The Labute approximate surface area is 117 Å². The maximum absolute atomic E-state index is 5.51. The van der Waals surface area contributed by atoms with E-state index in [2.05, 4.69) is 18.0 Å². The first kappa shape index (κ1) is 12.5. The van der Waals surface area contributed by atoms with Crippen LogP contribution in [-0.4, -0.2) is 23.6 Å². The van der Waals surface area contributed by atoms with Crippen LogP contribution in [0.3, 0.4) is 0 Å². The van der Waals surface area contributed by atoms with Gasteiger partial charge in [0.15, 0.2) is 11.5 Å². The summed E-state index contributed by atoms with van der Waals surface area (Å²) in [7, 11) is 3.30. The van der Waals surface area contributed by atoms with Crippen molar-refractivity contribution in [3.05, 3.63) is 48.4 Å². The highest BCUT2D eigenvalue weighted by atomic mass is 16.5. The van der Waals surface area contributed by atoms with Crippen LogP contribution in [0.5, 0.6) is 11.5 Å². The van der Waals surface area contributed by atoms with Gasteiger partial charge in [-0.1, -0.05) is 12.1 Å². The zero-order valence-corrected chi connectivity index (χ0v) is 11.8. The first-order valence-corrected chi connectivity index (χ1v) is 6.39. The quantitative estimate of drug-likeness (QED) is 0.731. The molecule has 0 bridgehead atoms. The summed E-state index contributed by atoms with van der Waals surface area (Å²) >= 11 is 0. The van der Waals surface area contributed by atoms with E-state index in [1.54, 1.807) is 20.4 Å². The summed E-state index contributed by atoms with van der Waals surface area (Å²) in [5, 5.41) is 0. The van der Waals surface area contributed by atoms with Crippen LogP contribution in [0.4, 0.5) is 0 Å². The number of hydrogen-bond acceptors (Lipinski definition) is 3. The molecule has 3 rings (SSSR count). The summed E-state index contributed by atoms with van der Waals surface area (Å²) in [4.78, 5) is 4.34. The van der Waals surface area contributed by atoms with Crippen molar-refractivity contribution >= 4 is 5.65 Å². The predicted molar refractivity (Wildman–Crippen MR) is 78.5 cm³/mol. The van der Waals surface area contributed by atoms with Gasteiger partial charge in [-0.15, -0.1) is 0 Å². The molecule has 0 N–H and O–H groups in total. The van der Waals surface area contributed by atoms with E-state index in [4.69, 9.17) is 9.47 Å². The Morgan fingerprint density at radius 3 is 2.75 bits per heavy atom. The lowest BCUT2D eigenvalue weighted by atomic mass is 10.0. The van der Waals surface area contributed by atoms with E-state index in [1.807, 2.05) is 35.0 Å². The van der Waals surface area contributed by atoms with Gasteiger partial charge in [-0.05, 0) is 24.6 Å². The van der Waals surface area contributed by atoms with Crippen LogP contribution in [0.2, 0.25) is 0 Å². The zero-order valence-electron chi connectivity index (χ0n) is 11.8. The second-order valence-electron chi connectivity index (χ2n) is 4.61. The van der Waals surface area contributed by atoms with Gasteiger partial charge >= 0.3 is 0 Å². The van der Waals surface area contributed by atoms with Gasteiger partial charge in [0.2, 0.25) is 0 Å². The maximum atomic E-state index is 5.51. The van der Waals surface area contributed by atoms with Crippen molar-refractivity contribution in [2.45, 2.75) is 6.92 Å². The summed E-state index contributed by atoms with van der Waals surface area (Å²) in [5.41, 5.74) is 4.17. The fraction of sp³-hybridized carbons (Fsp3) is 0.188. The molecule has 4 nitrogen and oxygen atoms in total. The number of aromatic nitrogens is 2. The Morgan fingerprint density at radius 1 is 1.15 bits per heavy atom. The summed E-state index contributed by atoms with van der Waals surface area (Å²) in [5.74, 6) is 1.47. The molecular formula is C16H16N2O2. The minimum absolute atomic E-state index is 0.730. The Bertz CT molecular complexity index is 762. The van der Waals surface area contributed by atoms with Crippen molar-refractivity contribution in [3.8, 4) is 22.6 Å². The largest absolute Gasteiger partial charge is 0.493 e. The highest BCUT2D eigenvalue weighted by Crippen LogP contribution is 2.38. The number of benzene rings is 1. The fourth-order valence-electron chi connectivity index (χ4n) is 2.47. The summed E-state index contributed by atoms with van der Waals surface area (Å²) < 4.78 is 12.9. The number of nitrogens with zero attached hydrogens (tertiary/aromatic N) is 2. The molecule has 1 aromatic carbocycles. The minimum atomic E-state index is 0.730. The van der Waals surface area contributed by atoms with Gasteiger partial charge in [-0.2, -0.15) is 0 Å². The SMILES string of the molecule is COc1cccc(-c2cc(C)c3nccn3c2)c1OC. The highest BCUT2D eigenvalue weighted by Gasteiger charge is 2.12. The molecule has 3 aromatic rings. The minimum Gasteiger partial charge on any atom is -0.493 e. The Hall–Kier alpha value is -2.49. The molecule has 0 saturated carbocycles. The lowest BCUT2D eigenvalue weighted by Crippen LogP contribution is -1.95. The van der Waals surface area contributed by atoms with Crippen LogP contribution in [0.25, 0.3) is 16.8 Å². The third-order valence-electron chi connectivity index (χ3n) is 3.39. The lowest BCUT2D eigenvalue weighted by Gasteiger charge is -2.13. The molecule has 20 heavy (non-hydrogen) atoms. The Balaban J connectivity index is 2.25. The topological polar surface area (TPSA) is 35.8 Å². The first-order valence-electron chi connectivity index (χ1n) is 6.39. The van der Waals surface area contributed by atoms with E-state index in [0.717, 1.165) is 33.8 Å². The smallest absolute Gasteiger partial charge is 0.168 e. The molecule has 2 aromatic heterocycles. The number of hydrogen-bond donors (Lipinski definition) is 0. The molecule has 0 aliphatic heterocycles. The highest BCUT2D eigenvalue weighted by molar-refractivity contribution is 5.75. The summed E-state index contributed by atoms with van der Waals surface area (Å²) in [6.07, 6.45) is 5.79. The van der Waals surface area contributed by atoms with E-state index >= 15 is 0 Å². The number of para-hydroxylation sites is 1. The van der Waals surface area contributed by atoms with Crippen LogP contribution in [-0.2, 0) is 0 Å². The molecule has 0 saturated heterocycles. The number of fused-ring (bicyclic) bond motifs is 1. The molecule has 0 spiro atoms. The average Bonchev–Trinajstić information content (AvgIpc) is 2.95. The van der Waals surface area contributed by atoms with Crippen LogP contribution in [0.15, 0.2) is 42.9 Å². The zero-order chi connectivity index (χ0) is 14.1. The number of pyridine rings is 1. The van der Waals surface area contributed by atoms with Gasteiger partial charge in [0, 0.05) is 29.7 Å². The van der Waals surface area contributed by atoms with E-state index < -0.39 is 0 Å². The monoisotopic (exact) mass is 268 g/mol. The number of ether oxygens (including phenoxy) is 2. The molecule has 4 heteroatoms. The molecule has 0 fully saturated rings. The van der Waals surface area contributed by atoms with Gasteiger partial charge in [-0.25, -0.2) is 4.98 Å². The second kappa shape index (κ2) is 4.89. The van der Waals surface area contributed by atoms with Gasteiger partial charge in [0.05, 0.1) is 14.2 Å². The van der Waals surface area contributed by atoms with Crippen molar-refractivity contribution in [3.63, 3.8) is 0 Å². The number of rotatable bonds is 3. The Kier molecular flexibility index (Phi) is 3.06. The number of aryl methyl sites for hydroxylation is 1. The van der Waals surface area contributed by atoms with Crippen molar-refractivity contribution < 1.29 is 9.47 Å². The van der Waals surface area contributed by atoms with E-state index in [-0.39, 0.29) is 0 Å². The molecule has 0 unspecified atom stereocenters. The van der Waals surface area contributed by atoms with Crippen molar-refractivity contribution in [2.24, 2.45) is 0 Å². The molecular weight excluding hydrogens is 252 g/mol.